The summed E-state index contributed by atoms with van der Waals surface area (Å²) >= 11 is 3.36. The Morgan fingerprint density at radius 3 is 2.95 bits per heavy atom. The number of benzene rings is 1. The van der Waals surface area contributed by atoms with Crippen molar-refractivity contribution in [3.05, 3.63) is 39.0 Å². The molecule has 1 heterocycles. The van der Waals surface area contributed by atoms with Crippen LogP contribution >= 0.6 is 15.9 Å². The molecular formula is C12H13BrN4O2. The predicted molar refractivity (Wildman–Crippen MR) is 78.2 cm³/mol. The summed E-state index contributed by atoms with van der Waals surface area (Å²) in [7, 11) is 0. The fourth-order valence-electron chi connectivity index (χ4n) is 1.74. The Hall–Kier alpha value is -1.73. The number of pyridine rings is 1. The lowest BCUT2D eigenvalue weighted by molar-refractivity contribution is -0.384. The second-order valence-electron chi connectivity index (χ2n) is 4.30. The van der Waals surface area contributed by atoms with E-state index >= 15 is 0 Å². The van der Waals surface area contributed by atoms with Gasteiger partial charge in [-0.15, -0.1) is 0 Å². The molecule has 100 valence electrons. The van der Waals surface area contributed by atoms with Crippen LogP contribution in [0.15, 0.2) is 28.9 Å². The van der Waals surface area contributed by atoms with Gasteiger partial charge in [0.25, 0.3) is 0 Å². The van der Waals surface area contributed by atoms with Crippen LogP contribution < -0.4 is 11.1 Å². The average Bonchev–Trinajstić information content (AvgIpc) is 2.35. The van der Waals surface area contributed by atoms with Crippen molar-refractivity contribution >= 4 is 38.2 Å². The third kappa shape index (κ3) is 2.99. The van der Waals surface area contributed by atoms with Gasteiger partial charge in [-0.05, 0) is 25.1 Å². The van der Waals surface area contributed by atoms with Crippen molar-refractivity contribution in [2.24, 2.45) is 5.73 Å². The zero-order chi connectivity index (χ0) is 14.0. The van der Waals surface area contributed by atoms with Crippen molar-refractivity contribution in [2.45, 2.75) is 13.0 Å². The minimum absolute atomic E-state index is 0.0498. The number of nitrogens with two attached hydrogens (primary N) is 1. The quantitative estimate of drug-likeness (QED) is 0.666. The number of fused-ring (bicyclic) bond motifs is 1. The highest BCUT2D eigenvalue weighted by molar-refractivity contribution is 9.10. The van der Waals surface area contributed by atoms with Gasteiger partial charge in [0.1, 0.15) is 11.9 Å². The van der Waals surface area contributed by atoms with E-state index in [1.807, 2.05) is 13.0 Å². The highest BCUT2D eigenvalue weighted by atomic mass is 79.9. The van der Waals surface area contributed by atoms with Gasteiger partial charge in [0.2, 0.25) is 0 Å². The van der Waals surface area contributed by atoms with Gasteiger partial charge in [0.05, 0.1) is 10.4 Å². The smallest absolute Gasteiger partial charge is 0.311 e. The Balaban J connectivity index is 2.61. The molecule has 3 N–H and O–H groups in total. The van der Waals surface area contributed by atoms with Gasteiger partial charge in [-0.3, -0.25) is 10.1 Å². The zero-order valence-corrected chi connectivity index (χ0v) is 11.8. The molecule has 0 fully saturated rings. The van der Waals surface area contributed by atoms with E-state index < -0.39 is 4.92 Å². The molecule has 0 aliphatic heterocycles. The summed E-state index contributed by atoms with van der Waals surface area (Å²) in [6.45, 7) is 2.28. The number of hydrogen-bond donors (Lipinski definition) is 2. The van der Waals surface area contributed by atoms with Gasteiger partial charge >= 0.3 is 5.69 Å². The molecule has 0 aliphatic carbocycles. The highest BCUT2D eigenvalue weighted by Crippen LogP contribution is 2.32. The van der Waals surface area contributed by atoms with Gasteiger partial charge in [0.15, 0.2) is 0 Å². The standard InChI is InChI=1S/C12H13BrN4O2/c1-7(14)5-16-12-9-4-8(13)2-3-10(9)15-6-11(12)17(18)19/h2-4,6-7H,5,14H2,1H3,(H,15,16). The monoisotopic (exact) mass is 324 g/mol. The van der Waals surface area contributed by atoms with Crippen LogP contribution in [-0.2, 0) is 0 Å². The Morgan fingerprint density at radius 1 is 1.58 bits per heavy atom. The summed E-state index contributed by atoms with van der Waals surface area (Å²) < 4.78 is 0.839. The van der Waals surface area contributed by atoms with Crippen molar-refractivity contribution in [1.82, 2.24) is 4.98 Å². The summed E-state index contributed by atoms with van der Waals surface area (Å²) in [5, 5.41) is 14.8. The number of hydrogen-bond acceptors (Lipinski definition) is 5. The van der Waals surface area contributed by atoms with Gasteiger partial charge < -0.3 is 11.1 Å². The van der Waals surface area contributed by atoms with E-state index in [4.69, 9.17) is 5.73 Å². The van der Waals surface area contributed by atoms with Crippen molar-refractivity contribution in [1.29, 1.82) is 0 Å². The fourth-order valence-corrected chi connectivity index (χ4v) is 2.10. The van der Waals surface area contributed by atoms with Crippen LogP contribution in [0.5, 0.6) is 0 Å². The van der Waals surface area contributed by atoms with E-state index in [1.165, 1.54) is 6.20 Å². The predicted octanol–water partition coefficient (Wildman–Crippen LogP) is 2.66. The van der Waals surface area contributed by atoms with E-state index in [1.54, 1.807) is 12.1 Å². The van der Waals surface area contributed by atoms with E-state index in [0.717, 1.165) is 4.47 Å². The molecule has 1 aromatic heterocycles. The first-order valence-electron chi connectivity index (χ1n) is 5.71. The Morgan fingerprint density at radius 2 is 2.32 bits per heavy atom. The minimum atomic E-state index is -0.448. The molecule has 6 nitrogen and oxygen atoms in total. The molecule has 0 bridgehead atoms. The molecule has 2 rings (SSSR count). The molecule has 0 amide bonds. The van der Waals surface area contributed by atoms with Crippen molar-refractivity contribution in [3.63, 3.8) is 0 Å². The first-order chi connectivity index (χ1) is 8.99. The number of nitro groups is 1. The molecule has 0 aliphatic rings. The summed E-state index contributed by atoms with van der Waals surface area (Å²) in [6, 6.07) is 5.35. The van der Waals surface area contributed by atoms with Crippen LogP contribution in [0, 0.1) is 10.1 Å². The molecule has 0 saturated heterocycles. The normalized spacial score (nSPS) is 12.4. The van der Waals surface area contributed by atoms with Crippen LogP contribution in [-0.4, -0.2) is 22.5 Å². The second kappa shape index (κ2) is 5.50. The largest absolute Gasteiger partial charge is 0.377 e. The Labute approximate surface area is 118 Å². The maximum absolute atomic E-state index is 11.1. The number of rotatable bonds is 4. The number of halogens is 1. The van der Waals surface area contributed by atoms with Crippen LogP contribution in [0.3, 0.4) is 0 Å². The molecule has 2 aromatic rings. The highest BCUT2D eigenvalue weighted by Gasteiger charge is 2.18. The molecular weight excluding hydrogens is 312 g/mol. The average molecular weight is 325 g/mol. The molecule has 1 unspecified atom stereocenters. The molecule has 1 aromatic carbocycles. The maximum Gasteiger partial charge on any atom is 0.311 e. The van der Waals surface area contributed by atoms with Gasteiger partial charge in [0, 0.05) is 22.4 Å². The van der Waals surface area contributed by atoms with Crippen LogP contribution in [0.4, 0.5) is 11.4 Å². The fraction of sp³-hybridized carbons (Fsp3) is 0.250. The number of anilines is 1. The van der Waals surface area contributed by atoms with Gasteiger partial charge in [-0.25, -0.2) is 4.98 Å². The lowest BCUT2D eigenvalue weighted by Gasteiger charge is -2.12. The van der Waals surface area contributed by atoms with Crippen molar-refractivity contribution in [2.75, 3.05) is 11.9 Å². The van der Waals surface area contributed by atoms with E-state index in [0.29, 0.717) is 23.1 Å². The van der Waals surface area contributed by atoms with E-state index in [9.17, 15) is 10.1 Å². The molecule has 0 radical (unpaired) electrons. The summed E-state index contributed by atoms with van der Waals surface area (Å²) in [6.07, 6.45) is 1.26. The molecule has 1 atom stereocenters. The van der Waals surface area contributed by atoms with Gasteiger partial charge in [-0.2, -0.15) is 0 Å². The molecule has 7 heteroatoms. The topological polar surface area (TPSA) is 94.1 Å². The van der Waals surface area contributed by atoms with Crippen LogP contribution in [0.25, 0.3) is 10.9 Å². The van der Waals surface area contributed by atoms with Crippen LogP contribution in [0.1, 0.15) is 6.92 Å². The van der Waals surface area contributed by atoms with Gasteiger partial charge in [-0.1, -0.05) is 15.9 Å². The number of nitrogens with zero attached hydrogens (tertiary/aromatic N) is 2. The molecule has 19 heavy (non-hydrogen) atoms. The maximum atomic E-state index is 11.1. The summed E-state index contributed by atoms with van der Waals surface area (Å²) in [4.78, 5) is 14.7. The summed E-state index contributed by atoms with van der Waals surface area (Å²) in [5.74, 6) is 0. The van der Waals surface area contributed by atoms with E-state index in [-0.39, 0.29) is 11.7 Å². The molecule has 0 saturated carbocycles. The van der Waals surface area contributed by atoms with Crippen molar-refractivity contribution < 1.29 is 4.92 Å². The lowest BCUT2D eigenvalue weighted by Crippen LogP contribution is -2.25. The summed E-state index contributed by atoms with van der Waals surface area (Å²) in [5.41, 5.74) is 6.78. The first-order valence-corrected chi connectivity index (χ1v) is 6.50. The Kier molecular flexibility index (Phi) is 3.96. The third-order valence-corrected chi connectivity index (χ3v) is 3.10. The molecule has 0 spiro atoms. The van der Waals surface area contributed by atoms with E-state index in [2.05, 4.69) is 26.2 Å². The van der Waals surface area contributed by atoms with Crippen molar-refractivity contribution in [3.8, 4) is 0 Å². The lowest BCUT2D eigenvalue weighted by atomic mass is 10.1. The van der Waals surface area contributed by atoms with Crippen LogP contribution in [0.2, 0.25) is 0 Å². The zero-order valence-electron chi connectivity index (χ0n) is 10.3. The number of nitrogens with one attached hydrogen (secondary N) is 1. The SMILES string of the molecule is CC(N)CNc1c([N+](=O)[O-])cnc2ccc(Br)cc12. The first kappa shape index (κ1) is 13.7. The minimum Gasteiger partial charge on any atom is -0.377 e. The Bertz CT molecular complexity index is 630. The second-order valence-corrected chi connectivity index (χ2v) is 5.21. The third-order valence-electron chi connectivity index (χ3n) is 2.61. The number of aromatic nitrogens is 1.